The summed E-state index contributed by atoms with van der Waals surface area (Å²) in [6, 6.07) is 14.4. The number of benzene rings is 2. The highest BCUT2D eigenvalue weighted by atomic mass is 32.2. The van der Waals surface area contributed by atoms with Gasteiger partial charge in [-0.15, -0.1) is 0 Å². The molecule has 1 saturated heterocycles. The Balaban J connectivity index is 1.62. The Morgan fingerprint density at radius 3 is 2.70 bits per heavy atom. The standard InChI is InChI=1S/C26H23N3O7S/c1-4-28-24(30)23(37-26(28)27-17-8-6-7-16(13-17)25(31)35-5-2)15-19-10-12-22(36-19)20-11-9-18(34-3)14-21(20)29(32)33/h6-15H,4-5H2,1-3H3. The van der Waals surface area contributed by atoms with E-state index in [1.807, 2.05) is 6.92 Å². The maximum Gasteiger partial charge on any atom is 0.338 e. The summed E-state index contributed by atoms with van der Waals surface area (Å²) in [5.41, 5.74) is 1.01. The van der Waals surface area contributed by atoms with Gasteiger partial charge in [0.25, 0.3) is 11.6 Å². The molecule has 0 saturated carbocycles. The maximum atomic E-state index is 13.0. The Bertz CT molecular complexity index is 1430. The van der Waals surface area contributed by atoms with Crippen molar-refractivity contribution in [2.24, 2.45) is 4.99 Å². The van der Waals surface area contributed by atoms with E-state index in [-0.39, 0.29) is 24.0 Å². The average Bonchev–Trinajstić information content (AvgIpc) is 3.48. The summed E-state index contributed by atoms with van der Waals surface area (Å²) < 4.78 is 16.0. The third-order valence-corrected chi connectivity index (χ3v) is 6.36. The summed E-state index contributed by atoms with van der Waals surface area (Å²) in [5.74, 6) is 0.308. The smallest absolute Gasteiger partial charge is 0.338 e. The molecule has 3 aromatic rings. The molecule has 0 bridgehead atoms. The fourth-order valence-corrected chi connectivity index (χ4v) is 4.64. The van der Waals surface area contributed by atoms with Gasteiger partial charge in [-0.2, -0.15) is 0 Å². The van der Waals surface area contributed by atoms with Crippen molar-refractivity contribution in [3.05, 3.63) is 80.9 Å². The third kappa shape index (κ3) is 5.56. The first kappa shape index (κ1) is 25.7. The summed E-state index contributed by atoms with van der Waals surface area (Å²) in [7, 11) is 1.43. The van der Waals surface area contributed by atoms with E-state index < -0.39 is 10.9 Å². The van der Waals surface area contributed by atoms with Crippen LogP contribution in [0.15, 0.2) is 68.9 Å². The number of furan rings is 1. The molecular weight excluding hydrogens is 498 g/mol. The number of amidine groups is 1. The predicted octanol–water partition coefficient (Wildman–Crippen LogP) is 5.66. The number of rotatable bonds is 8. The molecule has 1 amide bonds. The molecule has 4 rings (SSSR count). The number of nitrogens with zero attached hydrogens (tertiary/aromatic N) is 3. The van der Waals surface area contributed by atoms with E-state index in [9.17, 15) is 19.7 Å². The van der Waals surface area contributed by atoms with Crippen molar-refractivity contribution in [3.63, 3.8) is 0 Å². The summed E-state index contributed by atoms with van der Waals surface area (Å²) >= 11 is 1.17. The fourth-order valence-electron chi connectivity index (χ4n) is 3.60. The molecular formula is C26H23N3O7S. The van der Waals surface area contributed by atoms with Crippen LogP contribution >= 0.6 is 11.8 Å². The number of nitro groups is 1. The molecule has 1 aliphatic rings. The average molecular weight is 522 g/mol. The molecule has 2 aromatic carbocycles. The summed E-state index contributed by atoms with van der Waals surface area (Å²) in [5, 5.41) is 12.0. The van der Waals surface area contributed by atoms with Crippen LogP contribution in [0.2, 0.25) is 0 Å². The minimum Gasteiger partial charge on any atom is -0.497 e. The normalized spacial score (nSPS) is 15.4. The number of aliphatic imine (C=N–C) groups is 1. The molecule has 1 fully saturated rings. The van der Waals surface area contributed by atoms with Crippen molar-refractivity contribution in [3.8, 4) is 17.1 Å². The van der Waals surface area contributed by atoms with E-state index in [0.717, 1.165) is 0 Å². The van der Waals surface area contributed by atoms with E-state index in [2.05, 4.69) is 4.99 Å². The molecule has 0 unspecified atom stereocenters. The number of ether oxygens (including phenoxy) is 2. The zero-order chi connectivity index (χ0) is 26.5. The largest absolute Gasteiger partial charge is 0.497 e. The zero-order valence-corrected chi connectivity index (χ0v) is 21.1. The number of carbonyl (C=O) groups excluding carboxylic acids is 2. The lowest BCUT2D eigenvalue weighted by atomic mass is 10.1. The second kappa shape index (κ2) is 11.1. The third-order valence-electron chi connectivity index (χ3n) is 5.35. The minimum absolute atomic E-state index is 0.157. The van der Waals surface area contributed by atoms with Crippen molar-refractivity contribution in [2.45, 2.75) is 13.8 Å². The highest BCUT2D eigenvalue weighted by Crippen LogP contribution is 2.37. The SMILES string of the molecule is CCOC(=O)c1cccc(N=C2SC(=Cc3ccc(-c4ccc(OC)cc4[N+](=O)[O-])o3)C(=O)N2CC)c1. The number of nitro benzene ring substituents is 1. The number of esters is 1. The number of hydrogen-bond acceptors (Lipinski definition) is 9. The second-order valence-electron chi connectivity index (χ2n) is 7.67. The van der Waals surface area contributed by atoms with Crippen LogP contribution in [0.1, 0.15) is 30.0 Å². The van der Waals surface area contributed by atoms with Gasteiger partial charge >= 0.3 is 5.97 Å². The van der Waals surface area contributed by atoms with E-state index in [4.69, 9.17) is 13.9 Å². The number of thioether (sulfide) groups is 1. The quantitative estimate of drug-likeness (QED) is 0.161. The van der Waals surface area contributed by atoms with Crippen LogP contribution in [0.25, 0.3) is 17.4 Å². The summed E-state index contributed by atoms with van der Waals surface area (Å²) in [6.07, 6.45) is 1.58. The van der Waals surface area contributed by atoms with Gasteiger partial charge in [0.15, 0.2) is 5.17 Å². The molecule has 190 valence electrons. The Morgan fingerprint density at radius 1 is 1.19 bits per heavy atom. The Kier molecular flexibility index (Phi) is 7.73. The van der Waals surface area contributed by atoms with Crippen LogP contribution in [-0.4, -0.2) is 47.1 Å². The predicted molar refractivity (Wildman–Crippen MR) is 140 cm³/mol. The van der Waals surface area contributed by atoms with Gasteiger partial charge in [-0.3, -0.25) is 19.8 Å². The fraction of sp³-hybridized carbons (Fsp3) is 0.192. The van der Waals surface area contributed by atoms with Crippen molar-refractivity contribution >= 4 is 46.3 Å². The molecule has 11 heteroatoms. The second-order valence-corrected chi connectivity index (χ2v) is 8.68. The van der Waals surface area contributed by atoms with Crippen molar-refractivity contribution < 1.29 is 28.4 Å². The zero-order valence-electron chi connectivity index (χ0n) is 20.3. The van der Waals surface area contributed by atoms with Gasteiger partial charge in [0.1, 0.15) is 17.3 Å². The van der Waals surface area contributed by atoms with Crippen LogP contribution in [0.4, 0.5) is 11.4 Å². The molecule has 1 aromatic heterocycles. The molecule has 0 atom stereocenters. The van der Waals surface area contributed by atoms with Gasteiger partial charge in [0, 0.05) is 12.6 Å². The summed E-state index contributed by atoms with van der Waals surface area (Å²) in [6.45, 7) is 4.22. The topological polar surface area (TPSA) is 124 Å². The van der Waals surface area contributed by atoms with Crippen LogP contribution < -0.4 is 4.74 Å². The van der Waals surface area contributed by atoms with Gasteiger partial charge in [-0.05, 0) is 68.1 Å². The van der Waals surface area contributed by atoms with Crippen LogP contribution in [-0.2, 0) is 9.53 Å². The lowest BCUT2D eigenvalue weighted by Crippen LogP contribution is -2.28. The molecule has 0 aliphatic carbocycles. The first-order valence-corrected chi connectivity index (χ1v) is 12.2. The first-order chi connectivity index (χ1) is 17.8. The van der Waals surface area contributed by atoms with Gasteiger partial charge in [0.2, 0.25) is 0 Å². The maximum absolute atomic E-state index is 13.0. The van der Waals surface area contributed by atoms with Gasteiger partial charge < -0.3 is 13.9 Å². The Hall–Kier alpha value is -4.38. The molecule has 37 heavy (non-hydrogen) atoms. The first-order valence-electron chi connectivity index (χ1n) is 11.3. The van der Waals surface area contributed by atoms with E-state index >= 15 is 0 Å². The van der Waals surface area contributed by atoms with Crippen molar-refractivity contribution in [2.75, 3.05) is 20.3 Å². The monoisotopic (exact) mass is 521 g/mol. The van der Waals surface area contributed by atoms with Crippen LogP contribution in [0.3, 0.4) is 0 Å². The van der Waals surface area contributed by atoms with E-state index in [1.165, 1.54) is 29.8 Å². The number of amides is 1. The van der Waals surface area contributed by atoms with Crippen molar-refractivity contribution in [1.82, 2.24) is 4.90 Å². The highest BCUT2D eigenvalue weighted by molar-refractivity contribution is 8.18. The lowest BCUT2D eigenvalue weighted by molar-refractivity contribution is -0.384. The molecule has 2 heterocycles. The highest BCUT2D eigenvalue weighted by Gasteiger charge is 2.32. The minimum atomic E-state index is -0.506. The molecule has 1 aliphatic heterocycles. The number of methoxy groups -OCH3 is 1. The number of likely N-dealkylation sites (N-methyl/N-ethyl adjacent to an activating group) is 1. The van der Waals surface area contributed by atoms with Gasteiger partial charge in [-0.1, -0.05) is 6.07 Å². The lowest BCUT2D eigenvalue weighted by Gasteiger charge is -2.12. The number of carbonyl (C=O) groups is 2. The van der Waals surface area contributed by atoms with E-state index in [1.54, 1.807) is 61.5 Å². The molecule has 0 spiro atoms. The van der Waals surface area contributed by atoms with E-state index in [0.29, 0.717) is 44.9 Å². The van der Waals surface area contributed by atoms with Crippen molar-refractivity contribution in [1.29, 1.82) is 0 Å². The Morgan fingerprint density at radius 2 is 2.00 bits per heavy atom. The van der Waals surface area contributed by atoms with Crippen LogP contribution in [0, 0.1) is 10.1 Å². The molecule has 0 N–H and O–H groups in total. The van der Waals surface area contributed by atoms with Gasteiger partial charge in [0.05, 0.1) is 46.4 Å². The molecule has 0 radical (unpaired) electrons. The summed E-state index contributed by atoms with van der Waals surface area (Å²) in [4.78, 5) is 42.6. The van der Waals surface area contributed by atoms with Gasteiger partial charge in [-0.25, -0.2) is 9.79 Å². The van der Waals surface area contributed by atoms with Crippen LogP contribution in [0.5, 0.6) is 5.75 Å². The molecule has 10 nitrogen and oxygen atoms in total. The Labute approximate surface area is 216 Å². The number of hydrogen-bond donors (Lipinski definition) is 0.